The second-order valence-electron chi connectivity index (χ2n) is 3.34. The summed E-state index contributed by atoms with van der Waals surface area (Å²) in [7, 11) is 0. The number of carbonyl (C=O) groups excluding carboxylic acids is 1. The number of rotatable bonds is 4. The fraction of sp³-hybridized carbons (Fsp3) is 0.875. The van der Waals surface area contributed by atoms with E-state index in [1.807, 2.05) is 0 Å². The van der Waals surface area contributed by atoms with E-state index in [1.165, 1.54) is 0 Å². The lowest BCUT2D eigenvalue weighted by Gasteiger charge is -2.36. The van der Waals surface area contributed by atoms with Crippen LogP contribution in [0.4, 0.5) is 0 Å². The van der Waals surface area contributed by atoms with E-state index in [-0.39, 0.29) is 12.5 Å². The molecular weight excluding hydrogens is 156 g/mol. The molecular formula is C8H16N2O2. The van der Waals surface area contributed by atoms with Crippen LogP contribution < -0.4 is 11.1 Å². The summed E-state index contributed by atoms with van der Waals surface area (Å²) in [6.45, 7) is 0.631. The minimum atomic E-state index is -0.602. The molecule has 1 saturated carbocycles. The van der Waals surface area contributed by atoms with Crippen LogP contribution in [0.25, 0.3) is 0 Å². The van der Waals surface area contributed by atoms with Gasteiger partial charge in [-0.3, -0.25) is 4.79 Å². The van der Waals surface area contributed by atoms with E-state index in [4.69, 9.17) is 10.8 Å². The molecule has 1 aliphatic rings. The van der Waals surface area contributed by atoms with E-state index in [0.717, 1.165) is 19.3 Å². The van der Waals surface area contributed by atoms with Gasteiger partial charge in [0.05, 0.1) is 5.54 Å². The second kappa shape index (κ2) is 3.87. The zero-order valence-corrected chi connectivity index (χ0v) is 7.18. The Bertz CT molecular complexity index is 166. The second-order valence-corrected chi connectivity index (χ2v) is 3.34. The zero-order chi connectivity index (χ0) is 9.03. The molecule has 4 nitrogen and oxygen atoms in total. The van der Waals surface area contributed by atoms with Crippen molar-refractivity contribution in [3.05, 3.63) is 0 Å². The molecule has 0 aromatic heterocycles. The molecule has 70 valence electrons. The Morgan fingerprint density at radius 1 is 1.58 bits per heavy atom. The van der Waals surface area contributed by atoms with Crippen molar-refractivity contribution in [3.63, 3.8) is 0 Å². The number of hydrogen-bond donors (Lipinski definition) is 3. The van der Waals surface area contributed by atoms with Crippen LogP contribution in [0.2, 0.25) is 0 Å². The van der Waals surface area contributed by atoms with E-state index in [2.05, 4.69) is 5.32 Å². The molecule has 0 atom stereocenters. The lowest BCUT2D eigenvalue weighted by atomic mass is 9.77. The first-order chi connectivity index (χ1) is 5.69. The largest absolute Gasteiger partial charge is 0.396 e. The van der Waals surface area contributed by atoms with E-state index < -0.39 is 5.54 Å². The monoisotopic (exact) mass is 172 g/mol. The number of carbonyl (C=O) groups is 1. The molecule has 1 fully saturated rings. The smallest absolute Gasteiger partial charge is 0.240 e. The highest BCUT2D eigenvalue weighted by Crippen LogP contribution is 2.28. The van der Waals surface area contributed by atoms with Gasteiger partial charge in [-0.25, -0.2) is 0 Å². The van der Waals surface area contributed by atoms with Crippen molar-refractivity contribution in [3.8, 4) is 0 Å². The van der Waals surface area contributed by atoms with E-state index in [0.29, 0.717) is 13.0 Å². The summed E-state index contributed by atoms with van der Waals surface area (Å²) in [5.41, 5.74) is 5.15. The third kappa shape index (κ3) is 1.95. The summed E-state index contributed by atoms with van der Waals surface area (Å²) in [5.74, 6) is -0.0674. The number of hydrogen-bond acceptors (Lipinski definition) is 3. The van der Waals surface area contributed by atoms with Crippen molar-refractivity contribution >= 4 is 5.91 Å². The van der Waals surface area contributed by atoms with E-state index in [9.17, 15) is 4.79 Å². The summed E-state index contributed by atoms with van der Waals surface area (Å²) >= 11 is 0. The Hall–Kier alpha value is -0.610. The van der Waals surface area contributed by atoms with Crippen molar-refractivity contribution in [1.82, 2.24) is 5.32 Å². The van der Waals surface area contributed by atoms with E-state index in [1.54, 1.807) is 0 Å². The standard InChI is InChI=1S/C8H16N2O2/c9-8(3-1-4-8)7(12)10-5-2-6-11/h11H,1-6,9H2,(H,10,12). The number of nitrogens with two attached hydrogens (primary N) is 1. The predicted octanol–water partition coefficient (Wildman–Crippen LogP) is -0.634. The highest BCUT2D eigenvalue weighted by molar-refractivity contribution is 5.86. The van der Waals surface area contributed by atoms with Crippen LogP contribution in [0.5, 0.6) is 0 Å². The van der Waals surface area contributed by atoms with Gasteiger partial charge in [-0.1, -0.05) is 0 Å². The number of amides is 1. The van der Waals surface area contributed by atoms with Crippen LogP contribution in [0, 0.1) is 0 Å². The summed E-state index contributed by atoms with van der Waals surface area (Å²) in [4.78, 5) is 11.3. The predicted molar refractivity (Wildman–Crippen MR) is 45.5 cm³/mol. The van der Waals surface area contributed by atoms with Gasteiger partial charge in [-0.15, -0.1) is 0 Å². The first-order valence-electron chi connectivity index (χ1n) is 4.37. The fourth-order valence-electron chi connectivity index (χ4n) is 1.24. The Kier molecular flexibility index (Phi) is 3.05. The average molecular weight is 172 g/mol. The molecule has 0 aromatic carbocycles. The maximum Gasteiger partial charge on any atom is 0.240 e. The van der Waals surface area contributed by atoms with E-state index >= 15 is 0 Å². The molecule has 1 rings (SSSR count). The molecule has 0 heterocycles. The van der Waals surface area contributed by atoms with Crippen molar-refractivity contribution in [2.45, 2.75) is 31.2 Å². The zero-order valence-electron chi connectivity index (χ0n) is 7.18. The van der Waals surface area contributed by atoms with Gasteiger partial charge in [-0.05, 0) is 25.7 Å². The molecule has 0 radical (unpaired) electrons. The topological polar surface area (TPSA) is 75.4 Å². The van der Waals surface area contributed by atoms with Crippen LogP contribution >= 0.6 is 0 Å². The maximum absolute atomic E-state index is 11.3. The summed E-state index contributed by atoms with van der Waals surface area (Å²) in [5, 5.41) is 11.2. The lowest BCUT2D eigenvalue weighted by molar-refractivity contribution is -0.129. The minimum Gasteiger partial charge on any atom is -0.396 e. The molecule has 4 heteroatoms. The van der Waals surface area contributed by atoms with Gasteiger partial charge in [0.15, 0.2) is 0 Å². The molecule has 0 unspecified atom stereocenters. The molecule has 4 N–H and O–H groups in total. The number of aliphatic hydroxyl groups is 1. The van der Waals surface area contributed by atoms with Gasteiger partial charge >= 0.3 is 0 Å². The molecule has 1 aliphatic carbocycles. The van der Waals surface area contributed by atoms with Crippen LogP contribution in [0.15, 0.2) is 0 Å². The van der Waals surface area contributed by atoms with Crippen molar-refractivity contribution in [2.75, 3.05) is 13.2 Å². The molecule has 0 saturated heterocycles. The average Bonchev–Trinajstić information content (AvgIpc) is 2.00. The van der Waals surface area contributed by atoms with Gasteiger partial charge in [0.25, 0.3) is 0 Å². The normalized spacial score (nSPS) is 19.8. The van der Waals surface area contributed by atoms with Gasteiger partial charge in [0, 0.05) is 13.2 Å². The highest BCUT2D eigenvalue weighted by Gasteiger charge is 2.39. The molecule has 0 spiro atoms. The fourth-order valence-corrected chi connectivity index (χ4v) is 1.24. The first-order valence-corrected chi connectivity index (χ1v) is 4.37. The van der Waals surface area contributed by atoms with Gasteiger partial charge in [-0.2, -0.15) is 0 Å². The van der Waals surface area contributed by atoms with Gasteiger partial charge < -0.3 is 16.2 Å². The van der Waals surface area contributed by atoms with Crippen LogP contribution in [-0.4, -0.2) is 29.7 Å². The van der Waals surface area contributed by atoms with Crippen molar-refractivity contribution in [2.24, 2.45) is 5.73 Å². The maximum atomic E-state index is 11.3. The minimum absolute atomic E-state index is 0.0674. The molecule has 0 aliphatic heterocycles. The Morgan fingerprint density at radius 2 is 2.25 bits per heavy atom. The van der Waals surface area contributed by atoms with Crippen LogP contribution in [0.3, 0.4) is 0 Å². The summed E-state index contributed by atoms with van der Waals surface area (Å²) in [6.07, 6.45) is 3.22. The third-order valence-corrected chi connectivity index (χ3v) is 2.32. The Morgan fingerprint density at radius 3 is 2.67 bits per heavy atom. The SMILES string of the molecule is NC1(C(=O)NCCCO)CCC1. The van der Waals surface area contributed by atoms with Gasteiger partial charge in [0.2, 0.25) is 5.91 Å². The molecule has 12 heavy (non-hydrogen) atoms. The lowest BCUT2D eigenvalue weighted by Crippen LogP contribution is -2.58. The van der Waals surface area contributed by atoms with Crippen molar-refractivity contribution in [1.29, 1.82) is 0 Å². The quantitative estimate of drug-likeness (QED) is 0.494. The third-order valence-electron chi connectivity index (χ3n) is 2.32. The Balaban J connectivity index is 2.19. The summed E-state index contributed by atoms with van der Waals surface area (Å²) < 4.78 is 0. The molecule has 0 bridgehead atoms. The summed E-state index contributed by atoms with van der Waals surface area (Å²) in [6, 6.07) is 0. The Labute approximate surface area is 72.1 Å². The highest BCUT2D eigenvalue weighted by atomic mass is 16.3. The number of nitrogens with one attached hydrogen (secondary N) is 1. The van der Waals surface area contributed by atoms with Crippen LogP contribution in [-0.2, 0) is 4.79 Å². The number of aliphatic hydroxyl groups excluding tert-OH is 1. The van der Waals surface area contributed by atoms with Crippen molar-refractivity contribution < 1.29 is 9.90 Å². The van der Waals surface area contributed by atoms with Gasteiger partial charge in [0.1, 0.15) is 0 Å². The molecule has 1 amide bonds. The first kappa shape index (κ1) is 9.48. The van der Waals surface area contributed by atoms with Crippen LogP contribution in [0.1, 0.15) is 25.7 Å². The molecule has 0 aromatic rings.